The number of nitrogens with zero attached hydrogens (tertiary/aromatic N) is 1. The summed E-state index contributed by atoms with van der Waals surface area (Å²) in [6.45, 7) is 4.22. The van der Waals surface area contributed by atoms with Crippen LogP contribution < -0.4 is 10.5 Å². The highest BCUT2D eigenvalue weighted by Crippen LogP contribution is 2.36. The summed E-state index contributed by atoms with van der Waals surface area (Å²) in [4.78, 5) is 26.4. The molecule has 5 heteroatoms. The first-order valence-corrected chi connectivity index (χ1v) is 9.27. The van der Waals surface area contributed by atoms with E-state index in [9.17, 15) is 14.7 Å². The maximum atomic E-state index is 12.2. The molecule has 1 aromatic heterocycles. The first-order valence-electron chi connectivity index (χ1n) is 9.27. The van der Waals surface area contributed by atoms with Crippen LogP contribution in [0.3, 0.4) is 0 Å². The Kier molecular flexibility index (Phi) is 4.44. The summed E-state index contributed by atoms with van der Waals surface area (Å²) in [6.07, 6.45) is 3.12. The summed E-state index contributed by atoms with van der Waals surface area (Å²) in [5.41, 5.74) is 3.03. The van der Waals surface area contributed by atoms with Crippen LogP contribution in [0.2, 0.25) is 0 Å². The molecule has 0 radical (unpaired) electrons. The van der Waals surface area contributed by atoms with Gasteiger partial charge >= 0.3 is 11.6 Å². The van der Waals surface area contributed by atoms with Gasteiger partial charge < -0.3 is 14.4 Å². The molecule has 1 N–H and O–H groups in total. The van der Waals surface area contributed by atoms with Crippen LogP contribution in [0.5, 0.6) is 0 Å². The quantitative estimate of drug-likeness (QED) is 0.747. The molecule has 0 aliphatic carbocycles. The Labute approximate surface area is 156 Å². The third-order valence-corrected chi connectivity index (χ3v) is 5.11. The van der Waals surface area contributed by atoms with Crippen molar-refractivity contribution in [2.24, 2.45) is 0 Å². The topological polar surface area (TPSA) is 70.8 Å². The molecule has 5 nitrogen and oxygen atoms in total. The molecule has 0 saturated carbocycles. The largest absolute Gasteiger partial charge is 0.475 e. The predicted octanol–water partition coefficient (Wildman–Crippen LogP) is 4.32. The zero-order valence-corrected chi connectivity index (χ0v) is 15.2. The van der Waals surface area contributed by atoms with E-state index in [1.807, 2.05) is 12.1 Å². The maximum Gasteiger partial charge on any atom is 0.372 e. The number of aryl methyl sites for hydroxylation is 1. The van der Waals surface area contributed by atoms with Gasteiger partial charge in [0.2, 0.25) is 5.76 Å². The zero-order chi connectivity index (χ0) is 19.0. The summed E-state index contributed by atoms with van der Waals surface area (Å²) >= 11 is 0. The highest BCUT2D eigenvalue weighted by atomic mass is 16.4. The molecule has 0 fully saturated rings. The number of fused-ring (bicyclic) bond motifs is 2. The highest BCUT2D eigenvalue weighted by molar-refractivity contribution is 6.05. The Bertz CT molecular complexity index is 1080. The number of rotatable bonds is 4. The number of carboxylic acids is 1. The van der Waals surface area contributed by atoms with Gasteiger partial charge in [-0.3, -0.25) is 0 Å². The number of benzene rings is 2. The Morgan fingerprint density at radius 2 is 1.96 bits per heavy atom. The molecule has 138 valence electrons. The summed E-state index contributed by atoms with van der Waals surface area (Å²) in [6, 6.07) is 13.0. The van der Waals surface area contributed by atoms with E-state index < -0.39 is 11.6 Å². The van der Waals surface area contributed by atoms with Crippen LogP contribution >= 0.6 is 0 Å². The molecule has 0 spiro atoms. The monoisotopic (exact) mass is 363 g/mol. The van der Waals surface area contributed by atoms with Gasteiger partial charge in [-0.05, 0) is 48.6 Å². The highest BCUT2D eigenvalue weighted by Gasteiger charge is 2.23. The maximum absolute atomic E-state index is 12.2. The molecule has 0 bridgehead atoms. The number of hydrogen-bond acceptors (Lipinski definition) is 4. The van der Waals surface area contributed by atoms with Crippen molar-refractivity contribution >= 4 is 22.4 Å². The molecular formula is C22H21NO4. The zero-order valence-electron chi connectivity index (χ0n) is 15.2. The molecule has 1 aliphatic heterocycles. The smallest absolute Gasteiger partial charge is 0.372 e. The van der Waals surface area contributed by atoms with Crippen molar-refractivity contribution in [3.63, 3.8) is 0 Å². The van der Waals surface area contributed by atoms with Crippen molar-refractivity contribution in [3.8, 4) is 11.1 Å². The van der Waals surface area contributed by atoms with Crippen LogP contribution in [-0.2, 0) is 6.42 Å². The molecule has 0 atom stereocenters. The van der Waals surface area contributed by atoms with Gasteiger partial charge in [-0.1, -0.05) is 31.2 Å². The fourth-order valence-corrected chi connectivity index (χ4v) is 3.97. The third-order valence-electron chi connectivity index (χ3n) is 5.11. The summed E-state index contributed by atoms with van der Waals surface area (Å²) in [7, 11) is 0. The Morgan fingerprint density at radius 1 is 1.19 bits per heavy atom. The van der Waals surface area contributed by atoms with Crippen molar-refractivity contribution in [2.45, 2.75) is 26.2 Å². The number of carboxylic acid groups (broad SMARTS) is 1. The van der Waals surface area contributed by atoms with Gasteiger partial charge in [-0.25, -0.2) is 9.59 Å². The van der Waals surface area contributed by atoms with E-state index in [1.54, 1.807) is 24.3 Å². The van der Waals surface area contributed by atoms with Gasteiger partial charge in [0.25, 0.3) is 0 Å². The van der Waals surface area contributed by atoms with Crippen molar-refractivity contribution in [1.29, 1.82) is 0 Å². The standard InChI is InChI=1S/C22H21NO4/c1-2-11-23-12-5-6-14-13-15(9-10-18(14)23)19-16-7-3-4-8-17(16)22(26)27-20(19)21(24)25/h3-4,7-10,13H,2,5-6,11-12H2,1H3,(H,24,25). The van der Waals surface area contributed by atoms with E-state index in [1.165, 1.54) is 11.3 Å². The first kappa shape index (κ1) is 17.3. The fourth-order valence-electron chi connectivity index (χ4n) is 3.97. The van der Waals surface area contributed by atoms with E-state index in [4.69, 9.17) is 4.42 Å². The lowest BCUT2D eigenvalue weighted by Crippen LogP contribution is -2.29. The average molecular weight is 363 g/mol. The second-order valence-corrected chi connectivity index (χ2v) is 6.88. The van der Waals surface area contributed by atoms with E-state index in [0.717, 1.165) is 37.9 Å². The molecule has 0 saturated heterocycles. The number of carbonyl (C=O) groups is 1. The molecule has 2 heterocycles. The molecule has 3 aromatic rings. The lowest BCUT2D eigenvalue weighted by molar-refractivity contribution is 0.0659. The summed E-state index contributed by atoms with van der Waals surface area (Å²) in [5, 5.41) is 10.6. The minimum Gasteiger partial charge on any atom is -0.475 e. The van der Waals surface area contributed by atoms with Gasteiger partial charge in [0.15, 0.2) is 0 Å². The molecule has 0 amide bonds. The SMILES string of the molecule is CCCN1CCCc2cc(-c3c(C(=O)O)oc(=O)c4ccccc34)ccc21. The molecule has 27 heavy (non-hydrogen) atoms. The fraction of sp³-hybridized carbons (Fsp3) is 0.273. The minimum absolute atomic E-state index is 0.306. The van der Waals surface area contributed by atoms with Crippen LogP contribution in [0.1, 0.15) is 35.9 Å². The van der Waals surface area contributed by atoms with Crippen molar-refractivity contribution in [1.82, 2.24) is 0 Å². The molecule has 4 rings (SSSR count). The number of aromatic carboxylic acids is 1. The number of hydrogen-bond donors (Lipinski definition) is 1. The minimum atomic E-state index is -1.24. The van der Waals surface area contributed by atoms with Crippen LogP contribution in [0, 0.1) is 0 Å². The van der Waals surface area contributed by atoms with Crippen molar-refractivity contribution in [2.75, 3.05) is 18.0 Å². The lowest BCUT2D eigenvalue weighted by Gasteiger charge is -2.31. The normalized spacial score (nSPS) is 13.6. The van der Waals surface area contributed by atoms with Gasteiger partial charge in [0, 0.05) is 29.7 Å². The molecule has 0 unspecified atom stereocenters. The van der Waals surface area contributed by atoms with Crippen LogP contribution in [-0.4, -0.2) is 24.2 Å². The third kappa shape index (κ3) is 2.99. The summed E-state index contributed by atoms with van der Waals surface area (Å²) in [5.74, 6) is -1.54. The lowest BCUT2D eigenvalue weighted by atomic mass is 9.93. The Morgan fingerprint density at radius 3 is 2.70 bits per heavy atom. The molecule has 1 aliphatic rings. The van der Waals surface area contributed by atoms with E-state index in [2.05, 4.69) is 17.9 Å². The van der Waals surface area contributed by atoms with Gasteiger partial charge in [0.05, 0.1) is 5.39 Å². The second-order valence-electron chi connectivity index (χ2n) is 6.88. The first-order chi connectivity index (χ1) is 13.1. The van der Waals surface area contributed by atoms with Gasteiger partial charge in [0.1, 0.15) is 0 Å². The Balaban J connectivity index is 1.95. The second kappa shape index (κ2) is 6.91. The number of anilines is 1. The van der Waals surface area contributed by atoms with E-state index in [0.29, 0.717) is 16.3 Å². The van der Waals surface area contributed by atoms with Crippen molar-refractivity contribution < 1.29 is 14.3 Å². The predicted molar refractivity (Wildman–Crippen MR) is 106 cm³/mol. The van der Waals surface area contributed by atoms with Crippen LogP contribution in [0.4, 0.5) is 5.69 Å². The molecular weight excluding hydrogens is 342 g/mol. The van der Waals surface area contributed by atoms with Gasteiger partial charge in [-0.15, -0.1) is 0 Å². The van der Waals surface area contributed by atoms with Crippen molar-refractivity contribution in [3.05, 3.63) is 64.2 Å². The Hall–Kier alpha value is -3.08. The van der Waals surface area contributed by atoms with Crippen LogP contribution in [0.25, 0.3) is 21.9 Å². The van der Waals surface area contributed by atoms with Crippen LogP contribution in [0.15, 0.2) is 51.7 Å². The van der Waals surface area contributed by atoms with Gasteiger partial charge in [-0.2, -0.15) is 0 Å². The average Bonchev–Trinajstić information content (AvgIpc) is 2.68. The van der Waals surface area contributed by atoms with E-state index >= 15 is 0 Å². The summed E-state index contributed by atoms with van der Waals surface area (Å²) < 4.78 is 5.18. The van der Waals surface area contributed by atoms with E-state index in [-0.39, 0.29) is 5.76 Å². The molecule has 2 aromatic carbocycles.